The number of para-hydroxylation sites is 1. The standard InChI is InChI=1S/C20H24N4OS/c1-3-23(15-10-13-22(2)14-11-15)20(25)24-16-7-4-5-8-17(16)26-18-9-6-12-21-19(18)24/h4-9,12,15H,3,10-11,13-14H2,1-2H3. The Morgan fingerprint density at radius 3 is 2.69 bits per heavy atom. The number of fused-ring (bicyclic) bond motifs is 2. The third kappa shape index (κ3) is 3.08. The monoisotopic (exact) mass is 368 g/mol. The summed E-state index contributed by atoms with van der Waals surface area (Å²) in [6, 6.07) is 12.4. The van der Waals surface area contributed by atoms with Crippen molar-refractivity contribution in [3.8, 4) is 0 Å². The summed E-state index contributed by atoms with van der Waals surface area (Å²) in [5.74, 6) is 0.743. The van der Waals surface area contributed by atoms with Gasteiger partial charge in [0.05, 0.1) is 10.6 Å². The van der Waals surface area contributed by atoms with E-state index in [-0.39, 0.29) is 12.1 Å². The van der Waals surface area contributed by atoms with E-state index < -0.39 is 0 Å². The van der Waals surface area contributed by atoms with Crippen molar-refractivity contribution in [2.45, 2.75) is 35.6 Å². The highest BCUT2D eigenvalue weighted by molar-refractivity contribution is 7.99. The molecule has 1 saturated heterocycles. The van der Waals surface area contributed by atoms with Crippen molar-refractivity contribution >= 4 is 29.3 Å². The molecule has 2 aliphatic heterocycles. The van der Waals surface area contributed by atoms with Crippen LogP contribution >= 0.6 is 11.8 Å². The van der Waals surface area contributed by atoms with E-state index in [1.165, 1.54) is 0 Å². The van der Waals surface area contributed by atoms with Crippen LogP contribution < -0.4 is 4.90 Å². The molecule has 26 heavy (non-hydrogen) atoms. The van der Waals surface area contributed by atoms with Crippen LogP contribution in [0.3, 0.4) is 0 Å². The van der Waals surface area contributed by atoms with E-state index in [0.29, 0.717) is 6.54 Å². The Morgan fingerprint density at radius 2 is 1.92 bits per heavy atom. The number of carbonyl (C=O) groups excluding carboxylic acids is 1. The van der Waals surface area contributed by atoms with Crippen molar-refractivity contribution in [2.75, 3.05) is 31.6 Å². The van der Waals surface area contributed by atoms with Crippen LogP contribution in [0.1, 0.15) is 19.8 Å². The van der Waals surface area contributed by atoms with E-state index in [0.717, 1.165) is 47.2 Å². The minimum Gasteiger partial charge on any atom is -0.321 e. The van der Waals surface area contributed by atoms with Crippen LogP contribution in [-0.4, -0.2) is 53.5 Å². The van der Waals surface area contributed by atoms with Gasteiger partial charge in [-0.15, -0.1) is 0 Å². The molecule has 2 aromatic rings. The molecule has 0 atom stereocenters. The summed E-state index contributed by atoms with van der Waals surface area (Å²) < 4.78 is 0. The smallest absolute Gasteiger partial charge is 0.321 e. The number of urea groups is 1. The van der Waals surface area contributed by atoms with Crippen molar-refractivity contribution in [3.05, 3.63) is 42.6 Å². The maximum absolute atomic E-state index is 13.6. The molecule has 2 amide bonds. The predicted molar refractivity (Wildman–Crippen MR) is 105 cm³/mol. The Bertz CT molecular complexity index is 758. The second kappa shape index (κ2) is 7.29. The van der Waals surface area contributed by atoms with E-state index in [1.807, 2.05) is 40.1 Å². The minimum absolute atomic E-state index is 0.0368. The number of nitrogens with zero attached hydrogens (tertiary/aromatic N) is 4. The van der Waals surface area contributed by atoms with E-state index in [2.05, 4.69) is 29.9 Å². The van der Waals surface area contributed by atoms with Gasteiger partial charge in [0, 0.05) is 23.7 Å². The predicted octanol–water partition coefficient (Wildman–Crippen LogP) is 4.22. The van der Waals surface area contributed by atoms with Gasteiger partial charge in [0.15, 0.2) is 5.82 Å². The van der Waals surface area contributed by atoms with Gasteiger partial charge in [-0.05, 0) is 64.2 Å². The average molecular weight is 369 g/mol. The maximum atomic E-state index is 13.6. The first-order valence-electron chi connectivity index (χ1n) is 9.20. The van der Waals surface area contributed by atoms with Gasteiger partial charge in [0.25, 0.3) is 0 Å². The summed E-state index contributed by atoms with van der Waals surface area (Å²) in [7, 11) is 2.15. The fourth-order valence-electron chi connectivity index (χ4n) is 3.77. The molecule has 3 heterocycles. The molecule has 2 aliphatic rings. The Balaban J connectivity index is 1.70. The summed E-state index contributed by atoms with van der Waals surface area (Å²) in [6.45, 7) is 4.85. The highest BCUT2D eigenvalue weighted by atomic mass is 32.2. The molecule has 1 aromatic heterocycles. The number of anilines is 2. The molecule has 6 heteroatoms. The Labute approximate surface area is 159 Å². The molecule has 0 aliphatic carbocycles. The molecule has 136 valence electrons. The van der Waals surface area contributed by atoms with Gasteiger partial charge < -0.3 is 9.80 Å². The third-order valence-corrected chi connectivity index (χ3v) is 6.30. The topological polar surface area (TPSA) is 39.7 Å². The lowest BCUT2D eigenvalue weighted by atomic mass is 10.0. The number of pyridine rings is 1. The first-order chi connectivity index (χ1) is 12.7. The van der Waals surface area contributed by atoms with Crippen LogP contribution in [0.5, 0.6) is 0 Å². The van der Waals surface area contributed by atoms with Gasteiger partial charge in [0.2, 0.25) is 0 Å². The Hall–Kier alpha value is -2.05. The van der Waals surface area contributed by atoms with Crippen molar-refractivity contribution in [2.24, 2.45) is 0 Å². The van der Waals surface area contributed by atoms with Crippen LogP contribution in [0.15, 0.2) is 52.4 Å². The highest BCUT2D eigenvalue weighted by Gasteiger charge is 2.35. The van der Waals surface area contributed by atoms with Gasteiger partial charge in [-0.1, -0.05) is 23.9 Å². The summed E-state index contributed by atoms with van der Waals surface area (Å²) in [4.78, 5) is 26.5. The number of hydrogen-bond acceptors (Lipinski definition) is 4. The molecule has 5 nitrogen and oxygen atoms in total. The zero-order valence-electron chi connectivity index (χ0n) is 15.3. The van der Waals surface area contributed by atoms with Crippen molar-refractivity contribution in [3.63, 3.8) is 0 Å². The lowest BCUT2D eigenvalue weighted by Crippen LogP contribution is -2.51. The van der Waals surface area contributed by atoms with Crippen LogP contribution in [0, 0.1) is 0 Å². The lowest BCUT2D eigenvalue weighted by Gasteiger charge is -2.40. The number of hydrogen-bond donors (Lipinski definition) is 0. The molecular weight excluding hydrogens is 344 g/mol. The second-order valence-corrected chi connectivity index (χ2v) is 7.92. The van der Waals surface area contributed by atoms with Crippen LogP contribution in [0.25, 0.3) is 0 Å². The SMILES string of the molecule is CCN(C(=O)N1c2ccccc2Sc2cccnc21)C1CCN(C)CC1. The van der Waals surface area contributed by atoms with Gasteiger partial charge >= 0.3 is 6.03 Å². The number of amides is 2. The molecule has 0 N–H and O–H groups in total. The first-order valence-corrected chi connectivity index (χ1v) is 10.0. The minimum atomic E-state index is 0.0368. The van der Waals surface area contributed by atoms with Crippen LogP contribution in [-0.2, 0) is 0 Å². The van der Waals surface area contributed by atoms with E-state index >= 15 is 0 Å². The molecule has 4 rings (SSSR count). The van der Waals surface area contributed by atoms with Gasteiger partial charge in [-0.3, -0.25) is 0 Å². The zero-order valence-corrected chi connectivity index (χ0v) is 16.1. The highest BCUT2D eigenvalue weighted by Crippen LogP contribution is 2.47. The summed E-state index contributed by atoms with van der Waals surface area (Å²) >= 11 is 1.68. The van der Waals surface area contributed by atoms with E-state index in [1.54, 1.807) is 18.0 Å². The quantitative estimate of drug-likeness (QED) is 0.796. The second-order valence-electron chi connectivity index (χ2n) is 6.83. The van der Waals surface area contributed by atoms with Crippen molar-refractivity contribution < 1.29 is 4.79 Å². The van der Waals surface area contributed by atoms with Crippen molar-refractivity contribution in [1.82, 2.24) is 14.8 Å². The zero-order chi connectivity index (χ0) is 18.1. The third-order valence-electron chi connectivity index (χ3n) is 5.20. The summed E-state index contributed by atoms with van der Waals surface area (Å²) in [5, 5.41) is 0. The Kier molecular flexibility index (Phi) is 4.87. The van der Waals surface area contributed by atoms with Gasteiger partial charge in [-0.25, -0.2) is 14.7 Å². The molecule has 1 aromatic carbocycles. The molecule has 0 spiro atoms. The molecule has 0 unspecified atom stereocenters. The fourth-order valence-corrected chi connectivity index (χ4v) is 4.80. The maximum Gasteiger partial charge on any atom is 0.330 e. The number of piperidine rings is 1. The van der Waals surface area contributed by atoms with Gasteiger partial charge in [0.1, 0.15) is 0 Å². The largest absolute Gasteiger partial charge is 0.330 e. The lowest BCUT2D eigenvalue weighted by molar-refractivity contribution is 0.140. The average Bonchev–Trinajstić information content (AvgIpc) is 2.68. The molecule has 0 saturated carbocycles. The Morgan fingerprint density at radius 1 is 1.19 bits per heavy atom. The van der Waals surface area contributed by atoms with E-state index in [9.17, 15) is 4.79 Å². The number of benzene rings is 1. The number of rotatable bonds is 2. The van der Waals surface area contributed by atoms with Crippen LogP contribution in [0.2, 0.25) is 0 Å². The van der Waals surface area contributed by atoms with Crippen molar-refractivity contribution in [1.29, 1.82) is 0 Å². The summed E-state index contributed by atoms with van der Waals surface area (Å²) in [5.41, 5.74) is 0.931. The summed E-state index contributed by atoms with van der Waals surface area (Å²) in [6.07, 6.45) is 3.81. The number of likely N-dealkylation sites (tertiary alicyclic amines) is 1. The molecular formula is C20H24N4OS. The van der Waals surface area contributed by atoms with Gasteiger partial charge in [-0.2, -0.15) is 0 Å². The number of aromatic nitrogens is 1. The molecule has 1 fully saturated rings. The first kappa shape index (κ1) is 17.4. The number of carbonyl (C=O) groups is 1. The van der Waals surface area contributed by atoms with E-state index in [4.69, 9.17) is 0 Å². The molecule has 0 radical (unpaired) electrons. The van der Waals surface area contributed by atoms with Crippen LogP contribution in [0.4, 0.5) is 16.3 Å². The normalized spacial score (nSPS) is 17.5. The fraction of sp³-hybridized carbons (Fsp3) is 0.400. The molecule has 0 bridgehead atoms.